The molecule has 1 fully saturated rings. The molecule has 0 spiro atoms. The van der Waals surface area contributed by atoms with Gasteiger partial charge < -0.3 is 0 Å². The number of carbonyl (C=O) groups is 1. The first-order chi connectivity index (χ1) is 11.2. The fourth-order valence-corrected chi connectivity index (χ4v) is 3.79. The van der Waals surface area contributed by atoms with E-state index >= 15 is 0 Å². The Morgan fingerprint density at radius 1 is 1.30 bits per heavy atom. The third-order valence-electron chi connectivity index (χ3n) is 4.15. The Bertz CT molecular complexity index is 869. The monoisotopic (exact) mass is 323 g/mol. The van der Waals surface area contributed by atoms with E-state index < -0.39 is 0 Å². The van der Waals surface area contributed by atoms with Gasteiger partial charge in [-0.1, -0.05) is 17.4 Å². The molecule has 0 aliphatic heterocycles. The number of nitrogens with zero attached hydrogens (tertiary/aromatic N) is 3. The molecule has 0 aromatic carbocycles. The van der Waals surface area contributed by atoms with Gasteiger partial charge in [0.15, 0.2) is 0 Å². The molecule has 1 aliphatic rings. The Labute approximate surface area is 138 Å². The zero-order chi connectivity index (χ0) is 15.8. The number of pyridine rings is 2. The second-order valence-electron chi connectivity index (χ2n) is 6.11. The smallest absolute Gasteiger partial charge is 0.143 e. The molecule has 4 nitrogen and oxygen atoms in total. The molecule has 23 heavy (non-hydrogen) atoms. The predicted octanol–water partition coefficient (Wildman–Crippen LogP) is 3.63. The maximum absolute atomic E-state index is 12.4. The van der Waals surface area contributed by atoms with Crippen molar-refractivity contribution in [3.63, 3.8) is 0 Å². The highest BCUT2D eigenvalue weighted by atomic mass is 32.1. The van der Waals surface area contributed by atoms with E-state index in [9.17, 15) is 4.79 Å². The molecule has 5 heteroatoms. The van der Waals surface area contributed by atoms with Crippen LogP contribution in [0.5, 0.6) is 0 Å². The van der Waals surface area contributed by atoms with E-state index in [1.807, 2.05) is 25.3 Å². The summed E-state index contributed by atoms with van der Waals surface area (Å²) in [6.07, 6.45) is 8.60. The number of fused-ring (bicyclic) bond motifs is 1. The summed E-state index contributed by atoms with van der Waals surface area (Å²) in [5.74, 6) is 0.760. The molecule has 0 atom stereocenters. The zero-order valence-electron chi connectivity index (χ0n) is 13.0. The normalized spacial score (nSPS) is 14.3. The van der Waals surface area contributed by atoms with Gasteiger partial charge >= 0.3 is 0 Å². The van der Waals surface area contributed by atoms with Crippen molar-refractivity contribution in [1.29, 1.82) is 0 Å². The van der Waals surface area contributed by atoms with Crippen molar-refractivity contribution in [2.75, 3.05) is 0 Å². The van der Waals surface area contributed by atoms with Crippen LogP contribution < -0.4 is 0 Å². The standard InChI is InChI=1S/C18H17N3OS/c1-11-21-17-16(13-4-5-13)14(10-20-18(17)23-11)8-15(22)7-12-3-2-6-19-9-12/h2-3,6,9-10,13H,4-5,7-8H2,1H3. The Kier molecular flexibility index (Phi) is 3.65. The van der Waals surface area contributed by atoms with Crippen molar-refractivity contribution in [2.24, 2.45) is 0 Å². The van der Waals surface area contributed by atoms with E-state index in [-0.39, 0.29) is 5.78 Å². The summed E-state index contributed by atoms with van der Waals surface area (Å²) in [5, 5.41) is 1.04. The van der Waals surface area contributed by atoms with Crippen LogP contribution in [0.25, 0.3) is 10.3 Å². The number of carbonyl (C=O) groups excluding carboxylic acids is 1. The quantitative estimate of drug-likeness (QED) is 0.719. The van der Waals surface area contributed by atoms with Gasteiger partial charge in [0.05, 0.1) is 5.01 Å². The minimum atomic E-state index is 0.202. The largest absolute Gasteiger partial charge is 0.299 e. The molecule has 0 bridgehead atoms. The van der Waals surface area contributed by atoms with Gasteiger partial charge in [-0.15, -0.1) is 0 Å². The molecule has 1 aliphatic carbocycles. The molecule has 3 heterocycles. The molecule has 0 saturated heterocycles. The van der Waals surface area contributed by atoms with Gasteiger partial charge in [0.25, 0.3) is 0 Å². The molecule has 0 N–H and O–H groups in total. The number of thiazole rings is 1. The number of ketones is 1. The van der Waals surface area contributed by atoms with Gasteiger partial charge in [-0.2, -0.15) is 0 Å². The highest BCUT2D eigenvalue weighted by molar-refractivity contribution is 7.18. The molecule has 116 valence electrons. The molecular formula is C18H17N3OS. The van der Waals surface area contributed by atoms with Crippen LogP contribution in [-0.4, -0.2) is 20.7 Å². The van der Waals surface area contributed by atoms with Crippen molar-refractivity contribution < 1.29 is 4.79 Å². The SMILES string of the molecule is Cc1nc2c(C3CC3)c(CC(=O)Cc3cccnc3)cnc2s1. The lowest BCUT2D eigenvalue weighted by Gasteiger charge is -2.08. The lowest BCUT2D eigenvalue weighted by atomic mass is 9.98. The average molecular weight is 323 g/mol. The second-order valence-corrected chi connectivity index (χ2v) is 7.29. The van der Waals surface area contributed by atoms with Crippen LogP contribution in [0.2, 0.25) is 0 Å². The van der Waals surface area contributed by atoms with Gasteiger partial charge in [0, 0.05) is 31.4 Å². The van der Waals surface area contributed by atoms with Gasteiger partial charge in [0.2, 0.25) is 0 Å². The number of hydrogen-bond acceptors (Lipinski definition) is 5. The number of Topliss-reactive ketones (excluding diaryl/α,β-unsaturated/α-hetero) is 1. The molecule has 0 amide bonds. The summed E-state index contributed by atoms with van der Waals surface area (Å²) in [5.41, 5.74) is 4.30. The zero-order valence-corrected chi connectivity index (χ0v) is 13.8. The van der Waals surface area contributed by atoms with Crippen molar-refractivity contribution in [3.8, 4) is 0 Å². The van der Waals surface area contributed by atoms with Gasteiger partial charge in [-0.3, -0.25) is 9.78 Å². The summed E-state index contributed by atoms with van der Waals surface area (Å²) in [6, 6.07) is 3.81. The fraction of sp³-hybridized carbons (Fsp3) is 0.333. The summed E-state index contributed by atoms with van der Waals surface area (Å²) in [4.78, 5) is 26.7. The lowest BCUT2D eigenvalue weighted by molar-refractivity contribution is -0.117. The Morgan fingerprint density at radius 2 is 2.17 bits per heavy atom. The van der Waals surface area contributed by atoms with Crippen LogP contribution in [0.4, 0.5) is 0 Å². The van der Waals surface area contributed by atoms with E-state index in [1.165, 1.54) is 18.4 Å². The van der Waals surface area contributed by atoms with Gasteiger partial charge in [-0.25, -0.2) is 9.97 Å². The van der Waals surface area contributed by atoms with E-state index in [1.54, 1.807) is 23.7 Å². The van der Waals surface area contributed by atoms with E-state index in [4.69, 9.17) is 0 Å². The summed E-state index contributed by atoms with van der Waals surface area (Å²) in [6.45, 7) is 2.01. The minimum Gasteiger partial charge on any atom is -0.299 e. The number of rotatable bonds is 5. The summed E-state index contributed by atoms with van der Waals surface area (Å²) < 4.78 is 0. The Morgan fingerprint density at radius 3 is 2.91 bits per heavy atom. The predicted molar refractivity (Wildman–Crippen MR) is 90.8 cm³/mol. The topological polar surface area (TPSA) is 55.7 Å². The van der Waals surface area contributed by atoms with E-state index in [0.717, 1.165) is 26.5 Å². The lowest BCUT2D eigenvalue weighted by Crippen LogP contribution is -2.09. The number of aromatic nitrogens is 3. The maximum atomic E-state index is 12.4. The fourth-order valence-electron chi connectivity index (χ4n) is 3.01. The van der Waals surface area contributed by atoms with Crippen molar-refractivity contribution in [3.05, 3.63) is 52.4 Å². The van der Waals surface area contributed by atoms with Crippen LogP contribution >= 0.6 is 11.3 Å². The van der Waals surface area contributed by atoms with E-state index in [0.29, 0.717) is 18.8 Å². The molecule has 3 aromatic heterocycles. The molecule has 0 radical (unpaired) electrons. The minimum absolute atomic E-state index is 0.202. The first kappa shape index (κ1) is 14.5. The van der Waals surface area contributed by atoms with E-state index in [2.05, 4.69) is 15.0 Å². The van der Waals surface area contributed by atoms with Crippen LogP contribution in [0, 0.1) is 6.92 Å². The molecule has 0 unspecified atom stereocenters. The molecular weight excluding hydrogens is 306 g/mol. The molecule has 4 rings (SSSR count). The van der Waals surface area contributed by atoms with Crippen LogP contribution in [0.1, 0.15) is 40.5 Å². The third-order valence-corrected chi connectivity index (χ3v) is 5.03. The van der Waals surface area contributed by atoms with Crippen LogP contribution in [-0.2, 0) is 17.6 Å². The van der Waals surface area contributed by atoms with Crippen molar-refractivity contribution in [1.82, 2.24) is 15.0 Å². The highest BCUT2D eigenvalue weighted by Crippen LogP contribution is 2.45. The summed E-state index contributed by atoms with van der Waals surface area (Å²) >= 11 is 1.63. The first-order valence-electron chi connectivity index (χ1n) is 7.86. The number of hydrogen-bond donors (Lipinski definition) is 0. The Balaban J connectivity index is 1.63. The molecule has 1 saturated carbocycles. The number of aryl methyl sites for hydroxylation is 1. The third kappa shape index (κ3) is 3.01. The highest BCUT2D eigenvalue weighted by Gasteiger charge is 2.30. The van der Waals surface area contributed by atoms with Gasteiger partial charge in [-0.05, 0) is 48.4 Å². The summed E-state index contributed by atoms with van der Waals surface area (Å²) in [7, 11) is 0. The first-order valence-corrected chi connectivity index (χ1v) is 8.68. The molecule has 3 aromatic rings. The van der Waals surface area contributed by atoms with Gasteiger partial charge in [0.1, 0.15) is 16.1 Å². The van der Waals surface area contributed by atoms with Crippen molar-refractivity contribution >= 4 is 27.5 Å². The maximum Gasteiger partial charge on any atom is 0.143 e. The van der Waals surface area contributed by atoms with Crippen molar-refractivity contribution in [2.45, 2.75) is 38.5 Å². The van der Waals surface area contributed by atoms with Crippen LogP contribution in [0.15, 0.2) is 30.7 Å². The average Bonchev–Trinajstić information content (AvgIpc) is 3.29. The van der Waals surface area contributed by atoms with Crippen LogP contribution in [0.3, 0.4) is 0 Å². The second kappa shape index (κ2) is 5.81. The Hall–Kier alpha value is -2.14.